The lowest BCUT2D eigenvalue weighted by molar-refractivity contribution is -0.122. The number of nitrogen functional groups attached to an aromatic ring is 1. The van der Waals surface area contributed by atoms with Gasteiger partial charge in [0, 0.05) is 19.3 Å². The van der Waals surface area contributed by atoms with E-state index in [1.165, 1.54) is 0 Å². The van der Waals surface area contributed by atoms with Crippen LogP contribution in [0.3, 0.4) is 0 Å². The molecule has 6 nitrogen and oxygen atoms in total. The number of rotatable bonds is 4. The molecule has 2 heterocycles. The molecule has 1 aliphatic rings. The number of nitrogens with two attached hydrogens (primary N) is 1. The summed E-state index contributed by atoms with van der Waals surface area (Å²) in [6.07, 6.45) is 5.37. The molecular formula is C12H15N5O. The fraction of sp³-hybridized carbons (Fsp3) is 0.250. The van der Waals surface area contributed by atoms with Crippen LogP contribution in [0.5, 0.6) is 0 Å². The number of aromatic nitrogens is 1. The van der Waals surface area contributed by atoms with Crippen LogP contribution in [0.2, 0.25) is 0 Å². The van der Waals surface area contributed by atoms with Crippen molar-refractivity contribution in [1.29, 1.82) is 5.41 Å². The van der Waals surface area contributed by atoms with E-state index >= 15 is 0 Å². The Morgan fingerprint density at radius 1 is 1.61 bits per heavy atom. The summed E-state index contributed by atoms with van der Waals surface area (Å²) in [5.74, 6) is -0.120. The van der Waals surface area contributed by atoms with Crippen LogP contribution in [0.1, 0.15) is 11.3 Å². The highest BCUT2D eigenvalue weighted by molar-refractivity contribution is 5.92. The molecule has 1 amide bonds. The van der Waals surface area contributed by atoms with Gasteiger partial charge >= 0.3 is 0 Å². The minimum atomic E-state index is -0.241. The van der Waals surface area contributed by atoms with E-state index in [9.17, 15) is 4.79 Å². The Kier molecular flexibility index (Phi) is 3.69. The molecule has 94 valence electrons. The topological polar surface area (TPSA) is 104 Å². The number of hydrogen-bond donors (Lipinski definition) is 4. The highest BCUT2D eigenvalue weighted by atomic mass is 16.2. The summed E-state index contributed by atoms with van der Waals surface area (Å²) >= 11 is 0. The van der Waals surface area contributed by atoms with Crippen LogP contribution in [-0.4, -0.2) is 29.3 Å². The van der Waals surface area contributed by atoms with Gasteiger partial charge in [0.05, 0.1) is 0 Å². The Morgan fingerprint density at radius 2 is 2.44 bits per heavy atom. The molecule has 0 saturated carbocycles. The van der Waals surface area contributed by atoms with Crippen molar-refractivity contribution in [2.45, 2.75) is 12.6 Å². The molecule has 1 aromatic rings. The second-order valence-corrected chi connectivity index (χ2v) is 4.00. The Balaban J connectivity index is 1.88. The Bertz CT molecular complexity index is 480. The molecule has 5 N–H and O–H groups in total. The maximum absolute atomic E-state index is 11.7. The molecule has 2 rings (SSSR count). The van der Waals surface area contributed by atoms with Gasteiger partial charge < -0.3 is 11.1 Å². The zero-order chi connectivity index (χ0) is 13.0. The lowest BCUT2D eigenvalue weighted by Crippen LogP contribution is -2.40. The van der Waals surface area contributed by atoms with Crippen LogP contribution < -0.4 is 16.4 Å². The molecule has 0 saturated heterocycles. The summed E-state index contributed by atoms with van der Waals surface area (Å²) in [5.41, 5.74) is 6.61. The van der Waals surface area contributed by atoms with Crippen molar-refractivity contribution in [3.63, 3.8) is 0 Å². The van der Waals surface area contributed by atoms with Gasteiger partial charge in [-0.25, -0.2) is 0 Å². The first-order chi connectivity index (χ1) is 8.66. The average Bonchev–Trinajstić information content (AvgIpc) is 2.90. The molecule has 0 fully saturated rings. The summed E-state index contributed by atoms with van der Waals surface area (Å²) in [7, 11) is 0. The molecular weight excluding hydrogens is 230 g/mol. The van der Waals surface area contributed by atoms with E-state index < -0.39 is 0 Å². The standard InChI is InChI=1S/C12H15N5O/c13-11(14)9-4-3-8(6-16-9)7-17-12(18)10-2-1-5-15-10/h1-4,6,10,15H,5,7H2,(H3,13,14)(H,17,18). The van der Waals surface area contributed by atoms with Gasteiger partial charge in [0.2, 0.25) is 5.91 Å². The van der Waals surface area contributed by atoms with Gasteiger partial charge in [-0.2, -0.15) is 0 Å². The second kappa shape index (κ2) is 5.42. The monoisotopic (exact) mass is 245 g/mol. The molecule has 1 aliphatic heterocycles. The van der Waals surface area contributed by atoms with Gasteiger partial charge in [-0.15, -0.1) is 0 Å². The molecule has 6 heteroatoms. The first kappa shape index (κ1) is 12.3. The Morgan fingerprint density at radius 3 is 3.00 bits per heavy atom. The molecule has 0 aromatic carbocycles. The van der Waals surface area contributed by atoms with Gasteiger partial charge in [0.25, 0.3) is 0 Å². The predicted octanol–water partition coefficient (Wildman–Crippen LogP) is -0.490. The number of amidine groups is 1. The third kappa shape index (κ3) is 2.92. The minimum Gasteiger partial charge on any atom is -0.382 e. The smallest absolute Gasteiger partial charge is 0.241 e. The van der Waals surface area contributed by atoms with Crippen molar-refractivity contribution >= 4 is 11.7 Å². The van der Waals surface area contributed by atoms with E-state index in [0.29, 0.717) is 12.2 Å². The summed E-state index contributed by atoms with van der Waals surface area (Å²) in [6, 6.07) is 3.22. The summed E-state index contributed by atoms with van der Waals surface area (Å²) in [5, 5.41) is 13.1. The molecule has 1 unspecified atom stereocenters. The third-order valence-electron chi connectivity index (χ3n) is 2.63. The quantitative estimate of drug-likeness (QED) is 0.326. The van der Waals surface area contributed by atoms with Crippen LogP contribution in [0, 0.1) is 5.41 Å². The lowest BCUT2D eigenvalue weighted by atomic mass is 10.2. The second-order valence-electron chi connectivity index (χ2n) is 4.00. The molecule has 1 atom stereocenters. The zero-order valence-electron chi connectivity index (χ0n) is 9.81. The van der Waals surface area contributed by atoms with Crippen molar-refractivity contribution in [3.8, 4) is 0 Å². The number of nitrogens with zero attached hydrogens (tertiary/aromatic N) is 1. The maximum atomic E-state index is 11.7. The van der Waals surface area contributed by atoms with Crippen molar-refractivity contribution in [2.75, 3.05) is 6.54 Å². The maximum Gasteiger partial charge on any atom is 0.241 e. The average molecular weight is 245 g/mol. The van der Waals surface area contributed by atoms with Crippen LogP contribution in [0.25, 0.3) is 0 Å². The molecule has 0 spiro atoms. The minimum absolute atomic E-state index is 0.0561. The van der Waals surface area contributed by atoms with E-state index in [4.69, 9.17) is 11.1 Å². The lowest BCUT2D eigenvalue weighted by Gasteiger charge is -2.10. The Labute approximate surface area is 105 Å². The number of carbonyl (C=O) groups is 1. The first-order valence-corrected chi connectivity index (χ1v) is 5.64. The number of nitrogens with one attached hydrogen (secondary N) is 3. The molecule has 1 aromatic heterocycles. The number of hydrogen-bond acceptors (Lipinski definition) is 4. The number of amides is 1. The molecule has 0 radical (unpaired) electrons. The molecule has 0 bridgehead atoms. The van der Waals surface area contributed by atoms with E-state index in [1.807, 2.05) is 12.2 Å². The van der Waals surface area contributed by atoms with E-state index in [1.54, 1.807) is 18.3 Å². The van der Waals surface area contributed by atoms with E-state index in [0.717, 1.165) is 12.1 Å². The van der Waals surface area contributed by atoms with Gasteiger partial charge in [0.15, 0.2) is 0 Å². The van der Waals surface area contributed by atoms with Gasteiger partial charge in [-0.1, -0.05) is 18.2 Å². The van der Waals surface area contributed by atoms with Gasteiger partial charge in [-0.05, 0) is 11.6 Å². The van der Waals surface area contributed by atoms with E-state index in [-0.39, 0.29) is 17.8 Å². The normalized spacial score (nSPS) is 17.7. The SMILES string of the molecule is N=C(N)c1ccc(CNC(=O)C2C=CCN2)cn1. The van der Waals surface area contributed by atoms with Gasteiger partial charge in [-0.3, -0.25) is 20.5 Å². The van der Waals surface area contributed by atoms with Crippen LogP contribution >= 0.6 is 0 Å². The fourth-order valence-corrected chi connectivity index (χ4v) is 1.63. The summed E-state index contributed by atoms with van der Waals surface area (Å²) in [4.78, 5) is 15.7. The van der Waals surface area contributed by atoms with Gasteiger partial charge in [0.1, 0.15) is 17.6 Å². The molecule has 18 heavy (non-hydrogen) atoms. The Hall–Kier alpha value is -2.21. The zero-order valence-corrected chi connectivity index (χ0v) is 9.81. The van der Waals surface area contributed by atoms with E-state index in [2.05, 4.69) is 15.6 Å². The third-order valence-corrected chi connectivity index (χ3v) is 2.63. The first-order valence-electron chi connectivity index (χ1n) is 5.64. The van der Waals surface area contributed by atoms with Crippen LogP contribution in [-0.2, 0) is 11.3 Å². The number of carbonyl (C=O) groups excluding carboxylic acids is 1. The fourth-order valence-electron chi connectivity index (χ4n) is 1.63. The van der Waals surface area contributed by atoms with Crippen molar-refractivity contribution in [3.05, 3.63) is 41.7 Å². The van der Waals surface area contributed by atoms with Crippen LogP contribution in [0.4, 0.5) is 0 Å². The number of pyridine rings is 1. The summed E-state index contributed by atoms with van der Waals surface area (Å²) < 4.78 is 0. The van der Waals surface area contributed by atoms with Crippen molar-refractivity contribution in [1.82, 2.24) is 15.6 Å². The summed E-state index contributed by atoms with van der Waals surface area (Å²) in [6.45, 7) is 1.14. The van der Waals surface area contributed by atoms with Crippen molar-refractivity contribution < 1.29 is 4.79 Å². The predicted molar refractivity (Wildman–Crippen MR) is 68.0 cm³/mol. The largest absolute Gasteiger partial charge is 0.382 e. The van der Waals surface area contributed by atoms with Crippen molar-refractivity contribution in [2.24, 2.45) is 5.73 Å². The highest BCUT2D eigenvalue weighted by Gasteiger charge is 2.16. The highest BCUT2D eigenvalue weighted by Crippen LogP contribution is 2.01. The van der Waals surface area contributed by atoms with Crippen LogP contribution in [0.15, 0.2) is 30.5 Å². The molecule has 0 aliphatic carbocycles.